The van der Waals surface area contributed by atoms with Crippen LogP contribution in [0.3, 0.4) is 0 Å². The van der Waals surface area contributed by atoms with Gasteiger partial charge in [-0.15, -0.1) is 0 Å². The number of nitrogens with zero attached hydrogens (tertiary/aromatic N) is 2. The van der Waals surface area contributed by atoms with Crippen LogP contribution in [0.25, 0.3) is 0 Å². The molecule has 0 radical (unpaired) electrons. The number of hydrogen-bond acceptors (Lipinski definition) is 4. The predicted octanol–water partition coefficient (Wildman–Crippen LogP) is 2.59. The Morgan fingerprint density at radius 3 is 2.83 bits per heavy atom. The Labute approximate surface area is 142 Å². The van der Waals surface area contributed by atoms with Gasteiger partial charge in [0.1, 0.15) is 11.3 Å². The minimum atomic E-state index is -0.758. The topological polar surface area (TPSA) is 65.4 Å². The zero-order chi connectivity index (χ0) is 17.0. The summed E-state index contributed by atoms with van der Waals surface area (Å²) in [5, 5.41) is 12.8. The van der Waals surface area contributed by atoms with Crippen molar-refractivity contribution in [3.8, 4) is 11.8 Å². The van der Waals surface area contributed by atoms with Crippen molar-refractivity contribution in [2.45, 2.75) is 31.8 Å². The van der Waals surface area contributed by atoms with E-state index in [2.05, 4.69) is 11.4 Å². The average molecular weight is 336 g/mol. The summed E-state index contributed by atoms with van der Waals surface area (Å²) in [5.74, 6) is 0.862. The summed E-state index contributed by atoms with van der Waals surface area (Å²) in [6.07, 6.45) is 2.00. The molecule has 0 heterocycles. The number of hydrogen-bond donors (Lipinski definition) is 1. The first-order valence-electron chi connectivity index (χ1n) is 7.61. The van der Waals surface area contributed by atoms with Crippen LogP contribution in [-0.2, 0) is 11.3 Å². The fourth-order valence-electron chi connectivity index (χ4n) is 2.67. The molecule has 6 heteroatoms. The summed E-state index contributed by atoms with van der Waals surface area (Å²) >= 11 is 6.02. The summed E-state index contributed by atoms with van der Waals surface area (Å²) in [5.41, 5.74) is 0.159. The number of methoxy groups -OCH3 is 1. The van der Waals surface area contributed by atoms with Gasteiger partial charge in [-0.25, -0.2) is 0 Å². The first kappa shape index (κ1) is 17.6. The number of nitrogens with one attached hydrogen (secondary N) is 1. The molecular formula is C17H22ClN3O2. The fraction of sp³-hybridized carbons (Fsp3) is 0.529. The second-order valence-corrected chi connectivity index (χ2v) is 6.70. The molecule has 23 heavy (non-hydrogen) atoms. The molecule has 1 amide bonds. The van der Waals surface area contributed by atoms with Crippen LogP contribution in [0, 0.1) is 17.2 Å². The summed E-state index contributed by atoms with van der Waals surface area (Å²) in [6, 6.07) is 7.64. The fourth-order valence-corrected chi connectivity index (χ4v) is 2.87. The first-order chi connectivity index (χ1) is 10.9. The summed E-state index contributed by atoms with van der Waals surface area (Å²) < 4.78 is 5.31. The average Bonchev–Trinajstić information content (AvgIpc) is 3.32. The van der Waals surface area contributed by atoms with Crippen molar-refractivity contribution in [2.75, 3.05) is 20.7 Å². The van der Waals surface area contributed by atoms with Crippen LogP contribution in [-0.4, -0.2) is 37.0 Å². The summed E-state index contributed by atoms with van der Waals surface area (Å²) in [4.78, 5) is 14.1. The van der Waals surface area contributed by atoms with E-state index in [0.717, 1.165) is 24.2 Å². The van der Waals surface area contributed by atoms with E-state index in [9.17, 15) is 10.1 Å². The quantitative estimate of drug-likeness (QED) is 0.831. The first-order valence-corrected chi connectivity index (χ1v) is 7.99. The van der Waals surface area contributed by atoms with E-state index in [0.29, 0.717) is 11.6 Å². The molecule has 5 nitrogen and oxygen atoms in total. The molecule has 1 aromatic carbocycles. The Bertz CT molecular complexity index is 625. The standard InChI is InChI=1S/C17H22ClN3O2/c1-17(11-19,13-4-5-13)20-16(22)10-21(2)9-12-8-14(18)6-7-15(12)23-3/h6-8,13H,4-5,9-10H2,1-3H3,(H,20,22)/t17-/m1/s1. The highest BCUT2D eigenvalue weighted by Crippen LogP contribution is 2.39. The van der Waals surface area contributed by atoms with E-state index in [-0.39, 0.29) is 18.4 Å². The third kappa shape index (κ3) is 4.60. The van der Waals surface area contributed by atoms with Gasteiger partial charge < -0.3 is 10.1 Å². The maximum absolute atomic E-state index is 12.2. The van der Waals surface area contributed by atoms with E-state index in [1.807, 2.05) is 24.1 Å². The number of rotatable bonds is 7. The SMILES string of the molecule is COc1ccc(Cl)cc1CN(C)CC(=O)N[C@](C)(C#N)C1CC1. The van der Waals surface area contributed by atoms with Crippen LogP contribution in [0.1, 0.15) is 25.3 Å². The number of amides is 1. The van der Waals surface area contributed by atoms with Gasteiger partial charge in [-0.2, -0.15) is 5.26 Å². The maximum atomic E-state index is 12.2. The van der Waals surface area contributed by atoms with Crippen LogP contribution >= 0.6 is 11.6 Å². The lowest BCUT2D eigenvalue weighted by atomic mass is 9.98. The van der Waals surface area contributed by atoms with E-state index in [4.69, 9.17) is 16.3 Å². The predicted molar refractivity (Wildman–Crippen MR) is 89.2 cm³/mol. The van der Waals surface area contributed by atoms with Crippen LogP contribution in [0.4, 0.5) is 0 Å². The molecule has 0 unspecified atom stereocenters. The molecule has 0 bridgehead atoms. The van der Waals surface area contributed by atoms with Gasteiger partial charge in [-0.1, -0.05) is 11.6 Å². The van der Waals surface area contributed by atoms with Gasteiger partial charge in [-0.05, 0) is 50.9 Å². The Kier molecular flexibility index (Phi) is 5.51. The van der Waals surface area contributed by atoms with Gasteiger partial charge in [0.15, 0.2) is 0 Å². The molecule has 1 aliphatic rings. The largest absolute Gasteiger partial charge is 0.496 e. The summed E-state index contributed by atoms with van der Waals surface area (Å²) in [6.45, 7) is 2.53. The lowest BCUT2D eigenvalue weighted by Gasteiger charge is -2.25. The van der Waals surface area contributed by atoms with Gasteiger partial charge in [0.2, 0.25) is 5.91 Å². The maximum Gasteiger partial charge on any atom is 0.235 e. The van der Waals surface area contributed by atoms with Gasteiger partial charge in [0.05, 0.1) is 19.7 Å². The molecule has 0 spiro atoms. The second-order valence-electron chi connectivity index (χ2n) is 6.27. The van der Waals surface area contributed by atoms with Crippen LogP contribution in [0.5, 0.6) is 5.75 Å². The number of carbonyl (C=O) groups excluding carboxylic acids is 1. The van der Waals surface area contributed by atoms with Gasteiger partial charge in [-0.3, -0.25) is 9.69 Å². The highest BCUT2D eigenvalue weighted by molar-refractivity contribution is 6.30. The van der Waals surface area contributed by atoms with E-state index < -0.39 is 5.54 Å². The van der Waals surface area contributed by atoms with E-state index in [1.165, 1.54) is 0 Å². The molecule has 124 valence electrons. The van der Waals surface area contributed by atoms with Gasteiger partial charge >= 0.3 is 0 Å². The van der Waals surface area contributed by atoms with Crippen LogP contribution in [0.15, 0.2) is 18.2 Å². The lowest BCUT2D eigenvalue weighted by Crippen LogP contribution is -2.49. The molecule has 1 saturated carbocycles. The Hall–Kier alpha value is -1.77. The number of benzene rings is 1. The number of halogens is 1. The molecule has 0 aliphatic heterocycles. The normalized spacial score (nSPS) is 16.5. The van der Waals surface area contributed by atoms with Gasteiger partial charge in [0, 0.05) is 17.1 Å². The Morgan fingerprint density at radius 1 is 1.57 bits per heavy atom. The number of ether oxygens (including phenoxy) is 1. The molecule has 0 aromatic heterocycles. The van der Waals surface area contributed by atoms with Crippen molar-refractivity contribution >= 4 is 17.5 Å². The smallest absolute Gasteiger partial charge is 0.235 e. The molecule has 0 saturated heterocycles. The van der Waals surface area contributed by atoms with Crippen molar-refractivity contribution in [2.24, 2.45) is 5.92 Å². The van der Waals surface area contributed by atoms with Gasteiger partial charge in [0.25, 0.3) is 0 Å². The Morgan fingerprint density at radius 2 is 2.26 bits per heavy atom. The van der Waals surface area contributed by atoms with E-state index in [1.54, 1.807) is 20.1 Å². The second kappa shape index (κ2) is 7.20. The highest BCUT2D eigenvalue weighted by atomic mass is 35.5. The molecule has 1 N–H and O–H groups in total. The van der Waals surface area contributed by atoms with Crippen molar-refractivity contribution in [1.82, 2.24) is 10.2 Å². The van der Waals surface area contributed by atoms with Crippen molar-refractivity contribution in [3.05, 3.63) is 28.8 Å². The monoisotopic (exact) mass is 335 g/mol. The molecular weight excluding hydrogens is 314 g/mol. The Balaban J connectivity index is 1.94. The molecule has 1 aromatic rings. The van der Waals surface area contributed by atoms with Crippen molar-refractivity contribution < 1.29 is 9.53 Å². The molecule has 1 fully saturated rings. The van der Waals surface area contributed by atoms with Crippen molar-refractivity contribution in [3.63, 3.8) is 0 Å². The lowest BCUT2D eigenvalue weighted by molar-refractivity contribution is -0.123. The van der Waals surface area contributed by atoms with Crippen LogP contribution < -0.4 is 10.1 Å². The third-order valence-electron chi connectivity index (χ3n) is 4.12. The van der Waals surface area contributed by atoms with Crippen LogP contribution in [0.2, 0.25) is 5.02 Å². The molecule has 1 atom stereocenters. The highest BCUT2D eigenvalue weighted by Gasteiger charge is 2.43. The molecule has 2 rings (SSSR count). The number of nitriles is 1. The van der Waals surface area contributed by atoms with Crippen molar-refractivity contribution in [1.29, 1.82) is 5.26 Å². The number of likely N-dealkylation sites (N-methyl/N-ethyl adjacent to an activating group) is 1. The van der Waals surface area contributed by atoms with E-state index >= 15 is 0 Å². The zero-order valence-corrected chi connectivity index (χ0v) is 14.5. The summed E-state index contributed by atoms with van der Waals surface area (Å²) in [7, 11) is 3.45. The molecule has 1 aliphatic carbocycles. The minimum Gasteiger partial charge on any atom is -0.496 e. The zero-order valence-electron chi connectivity index (χ0n) is 13.7. The third-order valence-corrected chi connectivity index (χ3v) is 4.36. The minimum absolute atomic E-state index is 0.149. The number of carbonyl (C=O) groups is 1.